The maximum Gasteiger partial charge on any atom is 0.0714 e. The lowest BCUT2D eigenvalue weighted by atomic mass is 9.68. The highest BCUT2D eigenvalue weighted by atomic mass is 15.1. The summed E-state index contributed by atoms with van der Waals surface area (Å²) in [6, 6.07) is 82.9. The first-order valence-electron chi connectivity index (χ1n) is 20.7. The van der Waals surface area contributed by atoms with Crippen LogP contribution >= 0.6 is 0 Å². The molecule has 0 unspecified atom stereocenters. The van der Waals surface area contributed by atoms with Gasteiger partial charge in [0.25, 0.3) is 0 Å². The number of hydrogen-bond acceptors (Lipinski definition) is 1. The molecule has 9 aromatic rings. The Kier molecular flexibility index (Phi) is 8.13. The molecule has 9 aromatic carbocycles. The lowest BCUT2D eigenvalue weighted by Crippen LogP contribution is -2.28. The Hall–Kier alpha value is -7.22. The molecule has 0 aliphatic heterocycles. The normalized spacial score (nSPS) is 13.9. The minimum absolute atomic E-state index is 0.199. The molecule has 0 heterocycles. The van der Waals surface area contributed by atoms with Crippen molar-refractivity contribution < 1.29 is 0 Å². The zero-order valence-corrected chi connectivity index (χ0v) is 33.3. The van der Waals surface area contributed by atoms with Crippen molar-refractivity contribution >= 4 is 17.1 Å². The first-order chi connectivity index (χ1) is 29.0. The van der Waals surface area contributed by atoms with Crippen molar-refractivity contribution in [3.05, 3.63) is 258 Å². The summed E-state index contributed by atoms with van der Waals surface area (Å²) in [5.74, 6) is 0. The molecule has 11 rings (SSSR count). The SMILES string of the molecule is CC1(C)c2cc(-c3ccccc3)ccc2-c2ccc(N(c3ccc(-c4ccccc4)cc3)c3cccc4c3-c3ccccc3C4(c3ccccc3)c3ccccc3)cc21. The van der Waals surface area contributed by atoms with Crippen LogP contribution in [0.4, 0.5) is 17.1 Å². The highest BCUT2D eigenvalue weighted by Crippen LogP contribution is 2.60. The van der Waals surface area contributed by atoms with Crippen LogP contribution in [0.15, 0.2) is 224 Å². The van der Waals surface area contributed by atoms with Gasteiger partial charge in [0, 0.05) is 22.4 Å². The maximum absolute atomic E-state index is 2.51. The van der Waals surface area contributed by atoms with Crippen LogP contribution in [0.5, 0.6) is 0 Å². The van der Waals surface area contributed by atoms with Crippen LogP contribution in [0, 0.1) is 0 Å². The molecule has 2 aliphatic carbocycles. The van der Waals surface area contributed by atoms with Crippen LogP contribution in [0.25, 0.3) is 44.5 Å². The zero-order chi connectivity index (χ0) is 39.6. The molecule has 2 aliphatic rings. The molecule has 0 saturated carbocycles. The van der Waals surface area contributed by atoms with Crippen molar-refractivity contribution in [2.24, 2.45) is 0 Å². The van der Waals surface area contributed by atoms with E-state index in [1.807, 2.05) is 0 Å². The summed E-state index contributed by atoms with van der Waals surface area (Å²) in [5.41, 5.74) is 20.6. The minimum Gasteiger partial charge on any atom is -0.310 e. The van der Waals surface area contributed by atoms with Gasteiger partial charge in [-0.2, -0.15) is 0 Å². The Morgan fingerprint density at radius 2 is 0.797 bits per heavy atom. The van der Waals surface area contributed by atoms with E-state index in [1.165, 1.54) is 77.9 Å². The van der Waals surface area contributed by atoms with Crippen LogP contribution < -0.4 is 4.90 Å². The summed E-state index contributed by atoms with van der Waals surface area (Å²) in [6.07, 6.45) is 0. The molecule has 280 valence electrons. The molecular formula is C58H43N. The highest BCUT2D eigenvalue weighted by Gasteiger charge is 2.47. The van der Waals surface area contributed by atoms with E-state index in [0.717, 1.165) is 17.1 Å². The second kappa shape index (κ2) is 13.7. The summed E-state index contributed by atoms with van der Waals surface area (Å²) >= 11 is 0. The number of hydrogen-bond donors (Lipinski definition) is 0. The van der Waals surface area contributed by atoms with Gasteiger partial charge in [-0.3, -0.25) is 0 Å². The average Bonchev–Trinajstić information content (AvgIpc) is 3.73. The van der Waals surface area contributed by atoms with E-state index >= 15 is 0 Å². The third-order valence-electron chi connectivity index (χ3n) is 13.0. The lowest BCUT2D eigenvalue weighted by molar-refractivity contribution is 0.660. The number of anilines is 3. The first kappa shape index (κ1) is 35.0. The minimum atomic E-state index is -0.495. The first-order valence-corrected chi connectivity index (χ1v) is 20.7. The Morgan fingerprint density at radius 3 is 1.44 bits per heavy atom. The molecule has 0 spiro atoms. The molecule has 0 N–H and O–H groups in total. The third-order valence-corrected chi connectivity index (χ3v) is 13.0. The lowest BCUT2D eigenvalue weighted by Gasteiger charge is -2.34. The number of benzene rings is 9. The van der Waals surface area contributed by atoms with Crippen molar-refractivity contribution in [2.75, 3.05) is 4.90 Å². The van der Waals surface area contributed by atoms with Crippen LogP contribution in [0.2, 0.25) is 0 Å². The molecule has 0 fully saturated rings. The zero-order valence-electron chi connectivity index (χ0n) is 33.3. The molecule has 0 saturated heterocycles. The average molecular weight is 754 g/mol. The second-order valence-corrected chi connectivity index (χ2v) is 16.5. The van der Waals surface area contributed by atoms with Crippen LogP contribution in [0.3, 0.4) is 0 Å². The van der Waals surface area contributed by atoms with E-state index in [0.29, 0.717) is 0 Å². The fourth-order valence-corrected chi connectivity index (χ4v) is 10.2. The summed E-state index contributed by atoms with van der Waals surface area (Å²) in [4.78, 5) is 2.51. The van der Waals surface area contributed by atoms with Gasteiger partial charge in [-0.1, -0.05) is 202 Å². The molecule has 0 atom stereocenters. The quantitative estimate of drug-likeness (QED) is 0.157. The smallest absolute Gasteiger partial charge is 0.0714 e. The Morgan fingerprint density at radius 1 is 0.322 bits per heavy atom. The standard InChI is InChI=1S/C58H43N/c1-57(2)53-38-43(41-20-9-4-10-21-41)32-36-48(53)49-37-35-47(39-54(49)57)59(46-33-30-42(31-34-46)40-18-7-3-8-19-40)55-29-17-28-52-56(55)50-26-15-16-27-51(50)58(52,44-22-11-5-12-23-44)45-24-13-6-14-25-45/h3-39H,1-2H3. The van der Waals surface area contributed by atoms with Gasteiger partial charge in [-0.25, -0.2) is 0 Å². The van der Waals surface area contributed by atoms with Gasteiger partial charge >= 0.3 is 0 Å². The van der Waals surface area contributed by atoms with Gasteiger partial charge in [0.05, 0.1) is 11.1 Å². The number of fused-ring (bicyclic) bond motifs is 6. The molecule has 0 aromatic heterocycles. The Balaban J connectivity index is 1.14. The van der Waals surface area contributed by atoms with E-state index in [4.69, 9.17) is 0 Å². The fourth-order valence-electron chi connectivity index (χ4n) is 10.2. The molecule has 0 amide bonds. The van der Waals surface area contributed by atoms with E-state index in [9.17, 15) is 0 Å². The fraction of sp³-hybridized carbons (Fsp3) is 0.0690. The topological polar surface area (TPSA) is 3.24 Å². The van der Waals surface area contributed by atoms with Crippen LogP contribution in [-0.2, 0) is 10.8 Å². The van der Waals surface area contributed by atoms with Crippen molar-refractivity contribution in [3.8, 4) is 44.5 Å². The summed E-state index contributed by atoms with van der Waals surface area (Å²) < 4.78 is 0. The highest BCUT2D eigenvalue weighted by molar-refractivity contribution is 5.98. The molecule has 1 heteroatoms. The van der Waals surface area contributed by atoms with Gasteiger partial charge in [-0.15, -0.1) is 0 Å². The van der Waals surface area contributed by atoms with Gasteiger partial charge in [-0.05, 0) is 109 Å². The van der Waals surface area contributed by atoms with E-state index in [1.54, 1.807) is 0 Å². The summed E-state index contributed by atoms with van der Waals surface area (Å²) in [7, 11) is 0. The molecule has 59 heavy (non-hydrogen) atoms. The van der Waals surface area contributed by atoms with Crippen molar-refractivity contribution in [2.45, 2.75) is 24.7 Å². The van der Waals surface area contributed by atoms with Crippen molar-refractivity contribution in [1.29, 1.82) is 0 Å². The number of rotatable bonds is 7. The monoisotopic (exact) mass is 753 g/mol. The van der Waals surface area contributed by atoms with E-state index < -0.39 is 5.41 Å². The summed E-state index contributed by atoms with van der Waals surface area (Å²) in [6.45, 7) is 4.78. The predicted octanol–water partition coefficient (Wildman–Crippen LogP) is 15.2. The largest absolute Gasteiger partial charge is 0.310 e. The second-order valence-electron chi connectivity index (χ2n) is 16.5. The van der Waals surface area contributed by atoms with Gasteiger partial charge in [0.1, 0.15) is 0 Å². The summed E-state index contributed by atoms with van der Waals surface area (Å²) in [5, 5.41) is 0. The molecular weight excluding hydrogens is 711 g/mol. The predicted molar refractivity (Wildman–Crippen MR) is 247 cm³/mol. The van der Waals surface area contributed by atoms with Crippen LogP contribution in [0.1, 0.15) is 47.2 Å². The van der Waals surface area contributed by atoms with E-state index in [-0.39, 0.29) is 5.41 Å². The van der Waals surface area contributed by atoms with E-state index in [2.05, 4.69) is 243 Å². The molecule has 0 radical (unpaired) electrons. The van der Waals surface area contributed by atoms with Gasteiger partial charge < -0.3 is 4.90 Å². The molecule has 1 nitrogen and oxygen atoms in total. The Labute approximate surface area is 347 Å². The number of nitrogens with zero attached hydrogens (tertiary/aromatic N) is 1. The van der Waals surface area contributed by atoms with Crippen molar-refractivity contribution in [1.82, 2.24) is 0 Å². The van der Waals surface area contributed by atoms with Crippen molar-refractivity contribution in [3.63, 3.8) is 0 Å². The maximum atomic E-state index is 2.51. The van der Waals surface area contributed by atoms with Gasteiger partial charge in [0.15, 0.2) is 0 Å². The third kappa shape index (κ3) is 5.39. The molecule has 0 bridgehead atoms. The van der Waals surface area contributed by atoms with Gasteiger partial charge in [0.2, 0.25) is 0 Å². The van der Waals surface area contributed by atoms with Crippen LogP contribution in [-0.4, -0.2) is 0 Å². The Bertz CT molecular complexity index is 2940.